The third-order valence-corrected chi connectivity index (χ3v) is 5.30. The van der Waals surface area contributed by atoms with Crippen LogP contribution in [0.4, 0.5) is 0 Å². The molecule has 0 amide bonds. The first kappa shape index (κ1) is 12.0. The van der Waals surface area contributed by atoms with Crippen molar-refractivity contribution in [3.63, 3.8) is 0 Å². The molecule has 0 spiro atoms. The highest BCUT2D eigenvalue weighted by molar-refractivity contribution is 4.91. The molecule has 17 heavy (non-hydrogen) atoms. The predicted molar refractivity (Wildman–Crippen MR) is 72.2 cm³/mol. The van der Waals surface area contributed by atoms with Gasteiger partial charge in [-0.2, -0.15) is 0 Å². The van der Waals surface area contributed by atoms with Crippen molar-refractivity contribution in [1.29, 1.82) is 0 Å². The van der Waals surface area contributed by atoms with E-state index in [9.17, 15) is 0 Å². The van der Waals surface area contributed by atoms with Gasteiger partial charge >= 0.3 is 0 Å². The summed E-state index contributed by atoms with van der Waals surface area (Å²) in [5, 5.41) is 3.56. The number of rotatable bonds is 1. The van der Waals surface area contributed by atoms with Crippen molar-refractivity contribution in [1.82, 2.24) is 10.2 Å². The molecule has 3 rings (SSSR count). The summed E-state index contributed by atoms with van der Waals surface area (Å²) >= 11 is 0. The number of piperidine rings is 1. The van der Waals surface area contributed by atoms with Gasteiger partial charge in [0.15, 0.2) is 0 Å². The summed E-state index contributed by atoms with van der Waals surface area (Å²) in [4.78, 5) is 2.93. The normalized spacial score (nSPS) is 40.6. The van der Waals surface area contributed by atoms with Crippen LogP contribution in [-0.4, -0.2) is 36.6 Å². The predicted octanol–water partition coefficient (Wildman–Crippen LogP) is 2.78. The highest BCUT2D eigenvalue weighted by Gasteiger charge is 2.36. The molecule has 1 N–H and O–H groups in total. The van der Waals surface area contributed by atoms with E-state index in [1.54, 1.807) is 0 Å². The third kappa shape index (κ3) is 2.68. The lowest BCUT2D eigenvalue weighted by molar-refractivity contribution is 0.0216. The topological polar surface area (TPSA) is 15.3 Å². The summed E-state index contributed by atoms with van der Waals surface area (Å²) in [6, 6.07) is 1.86. The highest BCUT2D eigenvalue weighted by Crippen LogP contribution is 2.37. The molecule has 3 fully saturated rings. The maximum Gasteiger partial charge on any atom is 0.0126 e. The fraction of sp³-hybridized carbons (Fsp3) is 1.00. The minimum atomic E-state index is 0.899. The monoisotopic (exact) mass is 236 g/mol. The van der Waals surface area contributed by atoms with E-state index in [2.05, 4.69) is 10.2 Å². The van der Waals surface area contributed by atoms with Gasteiger partial charge in [-0.05, 0) is 70.5 Å². The van der Waals surface area contributed by atoms with Gasteiger partial charge < -0.3 is 5.32 Å². The van der Waals surface area contributed by atoms with Gasteiger partial charge in [0.2, 0.25) is 0 Å². The summed E-state index contributed by atoms with van der Waals surface area (Å²) in [6.07, 6.45) is 13.2. The Labute approximate surface area is 106 Å². The molecule has 3 aliphatic rings. The van der Waals surface area contributed by atoms with Crippen molar-refractivity contribution in [2.75, 3.05) is 19.6 Å². The number of nitrogens with one attached hydrogen (secondary N) is 1. The molecule has 0 bridgehead atoms. The second kappa shape index (κ2) is 5.71. The van der Waals surface area contributed by atoms with Gasteiger partial charge in [-0.1, -0.05) is 12.8 Å². The van der Waals surface area contributed by atoms with Gasteiger partial charge in [0.05, 0.1) is 0 Å². The minimum absolute atomic E-state index is 0.899. The second-order valence-corrected chi connectivity index (χ2v) is 6.33. The van der Waals surface area contributed by atoms with E-state index in [4.69, 9.17) is 0 Å². The molecule has 0 radical (unpaired) electrons. The Hall–Kier alpha value is -0.0800. The summed E-state index contributed by atoms with van der Waals surface area (Å²) in [6.45, 7) is 3.89. The van der Waals surface area contributed by atoms with Crippen molar-refractivity contribution in [3.05, 3.63) is 0 Å². The Bertz CT molecular complexity index is 231. The average molecular weight is 236 g/mol. The van der Waals surface area contributed by atoms with Crippen LogP contribution in [0.3, 0.4) is 0 Å². The standard InChI is InChI=1S/C15H28N2/c1-2-8-15-13(5-1)6-4-12-17(15)14-7-3-10-16-11-9-14/h13-16H,1-12H2. The summed E-state index contributed by atoms with van der Waals surface area (Å²) in [7, 11) is 0. The fourth-order valence-corrected chi connectivity index (χ4v) is 4.45. The molecule has 0 aromatic heterocycles. The van der Waals surface area contributed by atoms with Crippen molar-refractivity contribution in [2.24, 2.45) is 5.92 Å². The molecule has 2 heterocycles. The van der Waals surface area contributed by atoms with Gasteiger partial charge in [0.25, 0.3) is 0 Å². The summed E-state index contributed by atoms with van der Waals surface area (Å²) in [5.41, 5.74) is 0. The number of likely N-dealkylation sites (tertiary alicyclic amines) is 1. The molecule has 2 saturated heterocycles. The molecule has 2 aliphatic heterocycles. The van der Waals surface area contributed by atoms with E-state index in [-0.39, 0.29) is 0 Å². The van der Waals surface area contributed by atoms with Gasteiger partial charge in [0.1, 0.15) is 0 Å². The molecular weight excluding hydrogens is 208 g/mol. The van der Waals surface area contributed by atoms with E-state index in [1.807, 2.05) is 0 Å². The zero-order chi connectivity index (χ0) is 11.5. The number of fused-ring (bicyclic) bond motifs is 1. The molecule has 2 heteroatoms. The molecule has 3 unspecified atom stereocenters. The SMILES string of the molecule is C1CCC2C(C1)CCCN2C1CCCNCC1. The zero-order valence-corrected chi connectivity index (χ0v) is 11.2. The van der Waals surface area contributed by atoms with Gasteiger partial charge in [-0.15, -0.1) is 0 Å². The van der Waals surface area contributed by atoms with Crippen LogP contribution in [0.1, 0.15) is 57.8 Å². The lowest BCUT2D eigenvalue weighted by Crippen LogP contribution is -2.51. The molecule has 0 aromatic rings. The van der Waals surface area contributed by atoms with E-state index in [0.717, 1.165) is 18.0 Å². The Morgan fingerprint density at radius 2 is 1.65 bits per heavy atom. The minimum Gasteiger partial charge on any atom is -0.317 e. The molecule has 1 aliphatic carbocycles. The van der Waals surface area contributed by atoms with Gasteiger partial charge in [0, 0.05) is 12.1 Å². The Balaban J connectivity index is 1.66. The van der Waals surface area contributed by atoms with E-state index >= 15 is 0 Å². The zero-order valence-electron chi connectivity index (χ0n) is 11.2. The van der Waals surface area contributed by atoms with Gasteiger partial charge in [-0.25, -0.2) is 0 Å². The van der Waals surface area contributed by atoms with Crippen LogP contribution in [0.15, 0.2) is 0 Å². The van der Waals surface area contributed by atoms with Crippen LogP contribution in [0.2, 0.25) is 0 Å². The van der Waals surface area contributed by atoms with E-state index < -0.39 is 0 Å². The molecule has 2 nitrogen and oxygen atoms in total. The fourth-order valence-electron chi connectivity index (χ4n) is 4.45. The second-order valence-electron chi connectivity index (χ2n) is 6.33. The number of nitrogens with zero attached hydrogens (tertiary/aromatic N) is 1. The first-order valence-electron chi connectivity index (χ1n) is 7.91. The molecule has 1 saturated carbocycles. The maximum absolute atomic E-state index is 3.56. The van der Waals surface area contributed by atoms with Crippen LogP contribution in [-0.2, 0) is 0 Å². The lowest BCUT2D eigenvalue weighted by atomic mass is 9.77. The van der Waals surface area contributed by atoms with Crippen LogP contribution < -0.4 is 5.32 Å². The van der Waals surface area contributed by atoms with Crippen LogP contribution in [0.25, 0.3) is 0 Å². The van der Waals surface area contributed by atoms with Crippen molar-refractivity contribution >= 4 is 0 Å². The van der Waals surface area contributed by atoms with Crippen LogP contribution >= 0.6 is 0 Å². The molecule has 3 atom stereocenters. The average Bonchev–Trinajstić information content (AvgIpc) is 2.67. The first-order valence-corrected chi connectivity index (χ1v) is 7.91. The quantitative estimate of drug-likeness (QED) is 0.753. The van der Waals surface area contributed by atoms with Crippen LogP contribution in [0, 0.1) is 5.92 Å². The summed E-state index contributed by atoms with van der Waals surface area (Å²) < 4.78 is 0. The lowest BCUT2D eigenvalue weighted by Gasteiger charge is -2.47. The molecular formula is C15H28N2. The largest absolute Gasteiger partial charge is 0.317 e. The van der Waals surface area contributed by atoms with E-state index in [1.165, 1.54) is 77.4 Å². The smallest absolute Gasteiger partial charge is 0.0126 e. The van der Waals surface area contributed by atoms with Gasteiger partial charge in [-0.3, -0.25) is 4.90 Å². The maximum atomic E-state index is 3.56. The molecule has 0 aromatic carbocycles. The Morgan fingerprint density at radius 1 is 0.765 bits per heavy atom. The Kier molecular flexibility index (Phi) is 4.02. The van der Waals surface area contributed by atoms with Crippen molar-refractivity contribution in [3.8, 4) is 0 Å². The molecule has 98 valence electrons. The first-order chi connectivity index (χ1) is 8.45. The van der Waals surface area contributed by atoms with E-state index in [0.29, 0.717) is 0 Å². The van der Waals surface area contributed by atoms with Crippen molar-refractivity contribution < 1.29 is 0 Å². The third-order valence-electron chi connectivity index (χ3n) is 5.30. The number of hydrogen-bond acceptors (Lipinski definition) is 2. The van der Waals surface area contributed by atoms with Crippen LogP contribution in [0.5, 0.6) is 0 Å². The van der Waals surface area contributed by atoms with Crippen molar-refractivity contribution in [2.45, 2.75) is 69.9 Å². The Morgan fingerprint density at radius 3 is 2.65 bits per heavy atom. The summed E-state index contributed by atoms with van der Waals surface area (Å²) in [5.74, 6) is 1.05. The highest BCUT2D eigenvalue weighted by atomic mass is 15.2. The number of hydrogen-bond donors (Lipinski definition) is 1.